The Labute approximate surface area is 133 Å². The molecule has 1 aliphatic heterocycles. The van der Waals surface area contributed by atoms with E-state index in [1.165, 1.54) is 0 Å². The van der Waals surface area contributed by atoms with E-state index < -0.39 is 0 Å². The van der Waals surface area contributed by atoms with Crippen molar-refractivity contribution in [2.24, 2.45) is 0 Å². The number of nitrogens with two attached hydrogens (primary N) is 1. The minimum absolute atomic E-state index is 0.196. The van der Waals surface area contributed by atoms with Gasteiger partial charge in [0.2, 0.25) is 0 Å². The fourth-order valence-electron chi connectivity index (χ4n) is 2.64. The van der Waals surface area contributed by atoms with Crippen molar-refractivity contribution in [3.8, 4) is 6.07 Å². The number of benzene rings is 1. The summed E-state index contributed by atoms with van der Waals surface area (Å²) in [4.78, 5) is 13.8. The van der Waals surface area contributed by atoms with Crippen LogP contribution < -0.4 is 11.1 Å². The van der Waals surface area contributed by atoms with Gasteiger partial charge in [0.1, 0.15) is 11.6 Å². The van der Waals surface area contributed by atoms with E-state index >= 15 is 0 Å². The molecule has 0 radical (unpaired) electrons. The lowest BCUT2D eigenvalue weighted by Crippen LogP contribution is -2.38. The minimum atomic E-state index is -0.196. The molecule has 2 heterocycles. The SMILES string of the molecule is C=C1c2ccccc2NC(=O)N1CCCc1[nH]nc(N)c1C#N. The van der Waals surface area contributed by atoms with Gasteiger partial charge in [0.15, 0.2) is 5.82 Å². The van der Waals surface area contributed by atoms with Gasteiger partial charge in [0.25, 0.3) is 0 Å². The van der Waals surface area contributed by atoms with Gasteiger partial charge in [-0.25, -0.2) is 4.79 Å². The first-order chi connectivity index (χ1) is 11.1. The van der Waals surface area contributed by atoms with Crippen LogP contribution in [0.2, 0.25) is 0 Å². The van der Waals surface area contributed by atoms with Crippen LogP contribution in [0.25, 0.3) is 5.70 Å². The van der Waals surface area contributed by atoms with Crippen LogP contribution in [0.5, 0.6) is 0 Å². The number of para-hydroxylation sites is 1. The molecular formula is C16H16N6O. The standard InChI is InChI=1S/C16H16N6O/c1-10-11-5-2-3-6-13(11)19-16(23)22(10)8-4-7-14-12(9-17)15(18)21-20-14/h2-3,5-6H,1,4,7-8H2,(H,19,23)(H3,18,20,21). The molecule has 0 saturated carbocycles. The minimum Gasteiger partial charge on any atom is -0.381 e. The second-order valence-corrected chi connectivity index (χ2v) is 5.25. The molecule has 2 aromatic rings. The fraction of sp³-hybridized carbons (Fsp3) is 0.188. The highest BCUT2D eigenvalue weighted by atomic mass is 16.2. The monoisotopic (exact) mass is 308 g/mol. The van der Waals surface area contributed by atoms with Gasteiger partial charge in [0, 0.05) is 17.8 Å². The topological polar surface area (TPSA) is 111 Å². The number of fused-ring (bicyclic) bond motifs is 1. The lowest BCUT2D eigenvalue weighted by molar-refractivity contribution is 0.230. The molecule has 116 valence electrons. The smallest absolute Gasteiger partial charge is 0.326 e. The number of amides is 2. The molecule has 0 fully saturated rings. The zero-order valence-electron chi connectivity index (χ0n) is 12.5. The molecule has 0 aliphatic carbocycles. The summed E-state index contributed by atoms with van der Waals surface area (Å²) in [5.41, 5.74) is 9.03. The van der Waals surface area contributed by atoms with Crippen molar-refractivity contribution in [2.75, 3.05) is 17.6 Å². The predicted molar refractivity (Wildman–Crippen MR) is 87.2 cm³/mol. The number of hydrogen-bond donors (Lipinski definition) is 3. The van der Waals surface area contributed by atoms with Crippen molar-refractivity contribution >= 4 is 23.2 Å². The summed E-state index contributed by atoms with van der Waals surface area (Å²) in [6.45, 7) is 4.51. The Hall–Kier alpha value is -3.27. The number of carbonyl (C=O) groups excluding carboxylic acids is 1. The van der Waals surface area contributed by atoms with E-state index in [0.29, 0.717) is 36.3 Å². The summed E-state index contributed by atoms with van der Waals surface area (Å²) < 4.78 is 0. The highest BCUT2D eigenvalue weighted by molar-refractivity contribution is 6.02. The largest absolute Gasteiger partial charge is 0.381 e. The average Bonchev–Trinajstić information content (AvgIpc) is 2.90. The van der Waals surface area contributed by atoms with Gasteiger partial charge in [-0.15, -0.1) is 0 Å². The molecular weight excluding hydrogens is 292 g/mol. The maximum absolute atomic E-state index is 12.2. The molecule has 1 aliphatic rings. The lowest BCUT2D eigenvalue weighted by Gasteiger charge is -2.31. The summed E-state index contributed by atoms with van der Waals surface area (Å²) in [7, 11) is 0. The molecule has 7 heteroatoms. The molecule has 0 saturated heterocycles. The summed E-state index contributed by atoms with van der Waals surface area (Å²) in [5.74, 6) is 0.205. The first kappa shape index (κ1) is 14.7. The Kier molecular flexibility index (Phi) is 3.73. The zero-order chi connectivity index (χ0) is 16.4. The third-order valence-corrected chi connectivity index (χ3v) is 3.84. The number of rotatable bonds is 4. The number of aromatic nitrogens is 2. The van der Waals surface area contributed by atoms with E-state index in [4.69, 9.17) is 11.0 Å². The molecule has 0 atom stereocenters. The van der Waals surface area contributed by atoms with Gasteiger partial charge >= 0.3 is 6.03 Å². The number of hydrogen-bond acceptors (Lipinski definition) is 4. The molecule has 1 aromatic heterocycles. The van der Waals surface area contributed by atoms with E-state index in [-0.39, 0.29) is 11.8 Å². The van der Waals surface area contributed by atoms with Crippen LogP contribution >= 0.6 is 0 Å². The Bertz CT molecular complexity index is 816. The Morgan fingerprint density at radius 1 is 1.39 bits per heavy atom. The molecule has 0 spiro atoms. The molecule has 1 aromatic carbocycles. The highest BCUT2D eigenvalue weighted by Crippen LogP contribution is 2.30. The van der Waals surface area contributed by atoms with Gasteiger partial charge in [-0.1, -0.05) is 24.8 Å². The maximum atomic E-state index is 12.2. The van der Waals surface area contributed by atoms with Crippen molar-refractivity contribution in [1.29, 1.82) is 5.26 Å². The van der Waals surface area contributed by atoms with Crippen LogP contribution in [0.4, 0.5) is 16.3 Å². The quantitative estimate of drug-likeness (QED) is 0.804. The molecule has 3 rings (SSSR count). The van der Waals surface area contributed by atoms with Crippen molar-refractivity contribution < 1.29 is 4.79 Å². The highest BCUT2D eigenvalue weighted by Gasteiger charge is 2.25. The van der Waals surface area contributed by atoms with Gasteiger partial charge in [-0.3, -0.25) is 10.00 Å². The van der Waals surface area contributed by atoms with Gasteiger partial charge in [0.05, 0.1) is 11.4 Å². The fourth-order valence-corrected chi connectivity index (χ4v) is 2.64. The van der Waals surface area contributed by atoms with Crippen LogP contribution in [-0.2, 0) is 6.42 Å². The summed E-state index contributed by atoms with van der Waals surface area (Å²) in [5, 5.41) is 18.5. The van der Waals surface area contributed by atoms with Crippen LogP contribution in [0.15, 0.2) is 30.8 Å². The number of nitrogens with zero attached hydrogens (tertiary/aromatic N) is 3. The number of nitrogens with one attached hydrogen (secondary N) is 2. The Balaban J connectivity index is 1.68. The number of H-pyrrole nitrogens is 1. The molecule has 0 unspecified atom stereocenters. The number of nitriles is 1. The first-order valence-electron chi connectivity index (χ1n) is 7.21. The molecule has 23 heavy (non-hydrogen) atoms. The van der Waals surface area contributed by atoms with Crippen LogP contribution in [0.1, 0.15) is 23.2 Å². The number of nitrogen functional groups attached to an aromatic ring is 1. The lowest BCUT2D eigenvalue weighted by atomic mass is 10.1. The van der Waals surface area contributed by atoms with Crippen molar-refractivity contribution in [1.82, 2.24) is 15.1 Å². The van der Waals surface area contributed by atoms with E-state index in [0.717, 1.165) is 11.3 Å². The zero-order valence-corrected chi connectivity index (χ0v) is 12.5. The van der Waals surface area contributed by atoms with E-state index in [1.54, 1.807) is 4.90 Å². The van der Waals surface area contributed by atoms with E-state index in [2.05, 4.69) is 22.1 Å². The van der Waals surface area contributed by atoms with E-state index in [9.17, 15) is 4.79 Å². The first-order valence-corrected chi connectivity index (χ1v) is 7.21. The molecule has 0 bridgehead atoms. The normalized spacial score (nSPS) is 13.4. The predicted octanol–water partition coefficient (Wildman–Crippen LogP) is 2.31. The van der Waals surface area contributed by atoms with Crippen LogP contribution in [0.3, 0.4) is 0 Å². The summed E-state index contributed by atoms with van der Waals surface area (Å²) in [6, 6.07) is 9.39. The van der Waals surface area contributed by atoms with E-state index in [1.807, 2.05) is 30.3 Å². The molecule has 4 N–H and O–H groups in total. The van der Waals surface area contributed by atoms with Gasteiger partial charge in [-0.2, -0.15) is 10.4 Å². The maximum Gasteiger partial charge on any atom is 0.326 e. The number of aromatic amines is 1. The van der Waals surface area contributed by atoms with Crippen molar-refractivity contribution in [2.45, 2.75) is 12.8 Å². The Morgan fingerprint density at radius 2 is 2.17 bits per heavy atom. The molecule has 2 amide bonds. The number of aryl methyl sites for hydroxylation is 1. The average molecular weight is 308 g/mol. The number of anilines is 2. The van der Waals surface area contributed by atoms with Gasteiger partial charge in [-0.05, 0) is 18.9 Å². The van der Waals surface area contributed by atoms with Crippen LogP contribution in [0, 0.1) is 11.3 Å². The second kappa shape index (κ2) is 5.85. The summed E-state index contributed by atoms with van der Waals surface area (Å²) in [6.07, 6.45) is 1.23. The van der Waals surface area contributed by atoms with Gasteiger partial charge < -0.3 is 11.1 Å². The molecule has 7 nitrogen and oxygen atoms in total. The Morgan fingerprint density at radius 3 is 2.96 bits per heavy atom. The third-order valence-electron chi connectivity index (χ3n) is 3.84. The number of urea groups is 1. The van der Waals surface area contributed by atoms with Crippen LogP contribution in [-0.4, -0.2) is 27.7 Å². The second-order valence-electron chi connectivity index (χ2n) is 5.25. The van der Waals surface area contributed by atoms with Crippen molar-refractivity contribution in [3.63, 3.8) is 0 Å². The number of carbonyl (C=O) groups is 1. The summed E-state index contributed by atoms with van der Waals surface area (Å²) >= 11 is 0. The third kappa shape index (κ3) is 2.62. The van der Waals surface area contributed by atoms with Crippen molar-refractivity contribution in [3.05, 3.63) is 47.7 Å².